The van der Waals surface area contributed by atoms with Crippen molar-refractivity contribution in [1.82, 2.24) is 9.97 Å². The molecule has 6 heteroatoms. The molecule has 0 spiro atoms. The molecular formula is C9H10BrN3OS. The van der Waals surface area contributed by atoms with Gasteiger partial charge in [-0.15, -0.1) is 11.3 Å². The van der Waals surface area contributed by atoms with Crippen molar-refractivity contribution in [1.29, 1.82) is 0 Å². The number of anilines is 1. The molecule has 2 heterocycles. The van der Waals surface area contributed by atoms with Crippen LogP contribution in [0.2, 0.25) is 0 Å². The molecule has 0 aliphatic heterocycles. The van der Waals surface area contributed by atoms with Gasteiger partial charge in [0.1, 0.15) is 10.4 Å². The third kappa shape index (κ3) is 2.57. The SMILES string of the molecule is Cc1nc(CNc2nc(Br)cs2)oc1C. The Hall–Kier alpha value is -0.880. The molecule has 0 bridgehead atoms. The highest BCUT2D eigenvalue weighted by atomic mass is 79.9. The van der Waals surface area contributed by atoms with Crippen LogP contribution in [0.1, 0.15) is 17.3 Å². The van der Waals surface area contributed by atoms with Crippen molar-refractivity contribution in [2.24, 2.45) is 0 Å². The van der Waals surface area contributed by atoms with Crippen LogP contribution in [0.5, 0.6) is 0 Å². The van der Waals surface area contributed by atoms with Gasteiger partial charge in [0, 0.05) is 5.38 Å². The smallest absolute Gasteiger partial charge is 0.214 e. The minimum absolute atomic E-state index is 0.564. The molecule has 1 N–H and O–H groups in total. The van der Waals surface area contributed by atoms with E-state index in [1.165, 1.54) is 0 Å². The zero-order valence-electron chi connectivity index (χ0n) is 8.37. The lowest BCUT2D eigenvalue weighted by atomic mass is 10.4. The molecule has 2 rings (SSSR count). The molecule has 80 valence electrons. The molecule has 4 nitrogen and oxygen atoms in total. The van der Waals surface area contributed by atoms with Gasteiger partial charge in [0.25, 0.3) is 0 Å². The number of oxazole rings is 1. The maximum absolute atomic E-state index is 5.43. The fourth-order valence-corrected chi connectivity index (χ4v) is 2.24. The number of aryl methyl sites for hydroxylation is 2. The summed E-state index contributed by atoms with van der Waals surface area (Å²) >= 11 is 4.84. The van der Waals surface area contributed by atoms with Gasteiger partial charge in [0.05, 0.1) is 12.2 Å². The fraction of sp³-hybridized carbons (Fsp3) is 0.333. The Balaban J connectivity index is 1.99. The second-order valence-corrected chi connectivity index (χ2v) is 4.75. The number of halogens is 1. The lowest BCUT2D eigenvalue weighted by Gasteiger charge is -1.96. The van der Waals surface area contributed by atoms with Crippen LogP contribution < -0.4 is 5.32 Å². The first-order valence-corrected chi connectivity index (χ1v) is 6.10. The molecule has 0 saturated heterocycles. The van der Waals surface area contributed by atoms with Crippen molar-refractivity contribution in [3.05, 3.63) is 27.3 Å². The van der Waals surface area contributed by atoms with Crippen LogP contribution in [-0.2, 0) is 6.54 Å². The van der Waals surface area contributed by atoms with E-state index < -0.39 is 0 Å². The molecule has 2 aromatic rings. The fourth-order valence-electron chi connectivity index (χ4n) is 1.10. The lowest BCUT2D eigenvalue weighted by Crippen LogP contribution is -1.98. The summed E-state index contributed by atoms with van der Waals surface area (Å²) in [6, 6.07) is 0. The normalized spacial score (nSPS) is 10.6. The van der Waals surface area contributed by atoms with Gasteiger partial charge in [0.2, 0.25) is 5.89 Å². The second kappa shape index (κ2) is 4.32. The van der Waals surface area contributed by atoms with Crippen LogP contribution in [0, 0.1) is 13.8 Å². The third-order valence-corrected chi connectivity index (χ3v) is 3.45. The summed E-state index contributed by atoms with van der Waals surface area (Å²) in [5, 5.41) is 5.93. The molecule has 0 aromatic carbocycles. The number of aromatic nitrogens is 2. The van der Waals surface area contributed by atoms with Crippen LogP contribution in [0.25, 0.3) is 0 Å². The van der Waals surface area contributed by atoms with Gasteiger partial charge in [-0.25, -0.2) is 9.97 Å². The molecule has 15 heavy (non-hydrogen) atoms. The molecule has 0 atom stereocenters. The Morgan fingerprint density at radius 3 is 2.80 bits per heavy atom. The number of nitrogens with one attached hydrogen (secondary N) is 1. The number of thiazole rings is 1. The molecular weight excluding hydrogens is 278 g/mol. The van der Waals surface area contributed by atoms with Crippen molar-refractivity contribution >= 4 is 32.4 Å². The highest BCUT2D eigenvalue weighted by molar-refractivity contribution is 9.10. The summed E-state index contributed by atoms with van der Waals surface area (Å²) < 4.78 is 6.28. The minimum atomic E-state index is 0.564. The van der Waals surface area contributed by atoms with Crippen LogP contribution in [0.4, 0.5) is 5.13 Å². The highest BCUT2D eigenvalue weighted by Gasteiger charge is 2.06. The first-order valence-electron chi connectivity index (χ1n) is 4.43. The zero-order valence-corrected chi connectivity index (χ0v) is 10.8. The first-order chi connectivity index (χ1) is 7.15. The van der Waals surface area contributed by atoms with Crippen molar-refractivity contribution in [3.63, 3.8) is 0 Å². The Bertz CT molecular complexity index is 446. The molecule has 0 aliphatic rings. The van der Waals surface area contributed by atoms with Crippen molar-refractivity contribution in [2.45, 2.75) is 20.4 Å². The first kappa shape index (κ1) is 10.6. The molecule has 0 saturated carbocycles. The van der Waals surface area contributed by atoms with E-state index in [0.717, 1.165) is 21.2 Å². The summed E-state index contributed by atoms with van der Waals surface area (Å²) in [6.07, 6.45) is 0. The Kier molecular flexibility index (Phi) is 3.06. The predicted octanol–water partition coefficient (Wildman–Crippen LogP) is 3.12. The minimum Gasteiger partial charge on any atom is -0.444 e. The zero-order chi connectivity index (χ0) is 10.8. The van der Waals surface area contributed by atoms with E-state index in [9.17, 15) is 0 Å². The molecule has 0 fully saturated rings. The number of nitrogens with zero attached hydrogens (tertiary/aromatic N) is 2. The van der Waals surface area contributed by atoms with Gasteiger partial charge in [0.15, 0.2) is 5.13 Å². The monoisotopic (exact) mass is 287 g/mol. The Morgan fingerprint density at radius 1 is 1.47 bits per heavy atom. The average Bonchev–Trinajstić information content (AvgIpc) is 2.72. The average molecular weight is 288 g/mol. The summed E-state index contributed by atoms with van der Waals surface area (Å²) in [5.41, 5.74) is 0.937. The van der Waals surface area contributed by atoms with Crippen molar-refractivity contribution < 1.29 is 4.42 Å². The molecule has 0 aliphatic carbocycles. The van der Waals surface area contributed by atoms with E-state index in [1.807, 2.05) is 19.2 Å². The van der Waals surface area contributed by atoms with Gasteiger partial charge >= 0.3 is 0 Å². The number of rotatable bonds is 3. The molecule has 0 unspecified atom stereocenters. The van der Waals surface area contributed by atoms with Crippen LogP contribution >= 0.6 is 27.3 Å². The molecule has 2 aromatic heterocycles. The van der Waals surface area contributed by atoms with Crippen LogP contribution in [0.15, 0.2) is 14.4 Å². The number of hydrogen-bond acceptors (Lipinski definition) is 5. The van der Waals surface area contributed by atoms with Crippen LogP contribution in [-0.4, -0.2) is 9.97 Å². The van der Waals surface area contributed by atoms with Crippen LogP contribution in [0.3, 0.4) is 0 Å². The van der Waals surface area contributed by atoms with Crippen molar-refractivity contribution in [3.8, 4) is 0 Å². The Labute approximate surface area is 99.9 Å². The predicted molar refractivity (Wildman–Crippen MR) is 63.1 cm³/mol. The van der Waals surface area contributed by atoms with E-state index in [2.05, 4.69) is 31.2 Å². The molecule has 0 amide bonds. The highest BCUT2D eigenvalue weighted by Crippen LogP contribution is 2.20. The lowest BCUT2D eigenvalue weighted by molar-refractivity contribution is 0.478. The second-order valence-electron chi connectivity index (χ2n) is 3.08. The summed E-state index contributed by atoms with van der Waals surface area (Å²) in [7, 11) is 0. The largest absolute Gasteiger partial charge is 0.444 e. The van der Waals surface area contributed by atoms with E-state index in [-0.39, 0.29) is 0 Å². The standard InChI is InChI=1S/C9H10BrN3OS/c1-5-6(2)14-8(12-5)3-11-9-13-7(10)4-15-9/h4H,3H2,1-2H3,(H,11,13). The van der Waals surface area contributed by atoms with Gasteiger partial charge in [-0.2, -0.15) is 0 Å². The van der Waals surface area contributed by atoms with E-state index in [4.69, 9.17) is 4.42 Å². The summed E-state index contributed by atoms with van der Waals surface area (Å²) in [4.78, 5) is 8.48. The van der Waals surface area contributed by atoms with Crippen molar-refractivity contribution in [2.75, 3.05) is 5.32 Å². The quantitative estimate of drug-likeness (QED) is 0.942. The van der Waals surface area contributed by atoms with E-state index in [0.29, 0.717) is 12.4 Å². The van der Waals surface area contributed by atoms with Gasteiger partial charge in [-0.05, 0) is 29.8 Å². The maximum Gasteiger partial charge on any atom is 0.214 e. The topological polar surface area (TPSA) is 51.0 Å². The molecule has 0 radical (unpaired) electrons. The maximum atomic E-state index is 5.43. The van der Waals surface area contributed by atoms with E-state index >= 15 is 0 Å². The number of hydrogen-bond donors (Lipinski definition) is 1. The summed E-state index contributed by atoms with van der Waals surface area (Å²) in [6.45, 7) is 4.41. The Morgan fingerprint density at radius 2 is 2.27 bits per heavy atom. The van der Waals surface area contributed by atoms with Gasteiger partial charge in [-0.3, -0.25) is 0 Å². The third-order valence-electron chi connectivity index (χ3n) is 1.94. The van der Waals surface area contributed by atoms with Gasteiger partial charge in [-0.1, -0.05) is 0 Å². The van der Waals surface area contributed by atoms with E-state index in [1.54, 1.807) is 11.3 Å². The van der Waals surface area contributed by atoms with Gasteiger partial charge < -0.3 is 9.73 Å². The summed E-state index contributed by atoms with van der Waals surface area (Å²) in [5.74, 6) is 1.56.